The molecule has 2 aromatic rings. The number of aromatic nitrogens is 2. The molecular formula is C15H20FN3. The van der Waals surface area contributed by atoms with Gasteiger partial charge in [-0.05, 0) is 19.5 Å². The average Bonchev–Trinajstić information content (AvgIpc) is 2.85. The van der Waals surface area contributed by atoms with E-state index in [-0.39, 0.29) is 11.9 Å². The third kappa shape index (κ3) is 3.20. The molecule has 1 N–H and O–H groups in total. The molecule has 0 amide bonds. The largest absolute Gasteiger partial charge is 0.333 e. The number of rotatable bonds is 6. The molecule has 0 fully saturated rings. The van der Waals surface area contributed by atoms with Crippen LogP contribution in [-0.4, -0.2) is 16.6 Å². The van der Waals surface area contributed by atoms with E-state index in [1.807, 2.05) is 25.4 Å². The van der Waals surface area contributed by atoms with Crippen molar-refractivity contribution >= 4 is 0 Å². The number of hydrogen-bond acceptors (Lipinski definition) is 2. The standard InChI is InChI=1S/C15H20FN3/c1-3-6-15-18-9-10-19(15)11-14(17-2)12-7-4-5-8-13(12)16/h4-5,7-10,14,17H,3,6,11H2,1-2H3. The van der Waals surface area contributed by atoms with E-state index < -0.39 is 0 Å². The summed E-state index contributed by atoms with van der Waals surface area (Å²) in [5.41, 5.74) is 0.696. The lowest BCUT2D eigenvalue weighted by molar-refractivity contribution is 0.464. The number of hydrogen-bond donors (Lipinski definition) is 1. The number of likely N-dealkylation sites (N-methyl/N-ethyl adjacent to an activating group) is 1. The molecule has 1 aromatic carbocycles. The van der Waals surface area contributed by atoms with Crippen LogP contribution in [0.5, 0.6) is 0 Å². The zero-order valence-electron chi connectivity index (χ0n) is 11.4. The number of aryl methyl sites for hydroxylation is 1. The van der Waals surface area contributed by atoms with E-state index in [0.717, 1.165) is 18.7 Å². The summed E-state index contributed by atoms with van der Waals surface area (Å²) in [5, 5.41) is 3.18. The molecule has 1 aromatic heterocycles. The lowest BCUT2D eigenvalue weighted by Gasteiger charge is -2.19. The van der Waals surface area contributed by atoms with Gasteiger partial charge in [0.05, 0.1) is 6.04 Å². The number of benzene rings is 1. The highest BCUT2D eigenvalue weighted by Gasteiger charge is 2.15. The Morgan fingerprint density at radius 3 is 2.84 bits per heavy atom. The Morgan fingerprint density at radius 2 is 2.16 bits per heavy atom. The van der Waals surface area contributed by atoms with Crippen LogP contribution in [0.1, 0.15) is 30.8 Å². The quantitative estimate of drug-likeness (QED) is 0.866. The number of halogens is 1. The summed E-state index contributed by atoms with van der Waals surface area (Å²) in [4.78, 5) is 4.35. The highest BCUT2D eigenvalue weighted by molar-refractivity contribution is 5.21. The molecule has 102 valence electrons. The van der Waals surface area contributed by atoms with Gasteiger partial charge < -0.3 is 9.88 Å². The fraction of sp³-hybridized carbons (Fsp3) is 0.400. The molecule has 3 nitrogen and oxygen atoms in total. The van der Waals surface area contributed by atoms with E-state index in [2.05, 4.69) is 21.8 Å². The molecule has 1 heterocycles. The van der Waals surface area contributed by atoms with Crippen LogP contribution in [0.15, 0.2) is 36.7 Å². The summed E-state index contributed by atoms with van der Waals surface area (Å²) in [6.07, 6.45) is 5.76. The Bertz CT molecular complexity index is 522. The van der Waals surface area contributed by atoms with E-state index in [0.29, 0.717) is 12.1 Å². The van der Waals surface area contributed by atoms with Crippen LogP contribution in [0.2, 0.25) is 0 Å². The molecule has 0 bridgehead atoms. The van der Waals surface area contributed by atoms with Gasteiger partial charge in [-0.3, -0.25) is 0 Å². The van der Waals surface area contributed by atoms with Crippen molar-refractivity contribution in [2.45, 2.75) is 32.4 Å². The fourth-order valence-electron chi connectivity index (χ4n) is 2.26. The third-order valence-electron chi connectivity index (χ3n) is 3.28. The van der Waals surface area contributed by atoms with Gasteiger partial charge in [-0.15, -0.1) is 0 Å². The Kier molecular flexibility index (Phi) is 4.68. The third-order valence-corrected chi connectivity index (χ3v) is 3.28. The monoisotopic (exact) mass is 261 g/mol. The topological polar surface area (TPSA) is 29.9 Å². The molecule has 1 unspecified atom stereocenters. The summed E-state index contributed by atoms with van der Waals surface area (Å²) in [6.45, 7) is 2.82. The first-order chi connectivity index (χ1) is 9.26. The van der Waals surface area contributed by atoms with Crippen molar-refractivity contribution in [1.82, 2.24) is 14.9 Å². The second-order valence-electron chi connectivity index (χ2n) is 4.61. The summed E-state index contributed by atoms with van der Waals surface area (Å²) in [5.74, 6) is 0.887. The van der Waals surface area contributed by atoms with E-state index >= 15 is 0 Å². The molecule has 0 saturated heterocycles. The maximum atomic E-state index is 13.8. The number of nitrogens with one attached hydrogen (secondary N) is 1. The van der Waals surface area contributed by atoms with Gasteiger partial charge in [0, 0.05) is 30.9 Å². The SMILES string of the molecule is CCCc1nccn1CC(NC)c1ccccc1F. The molecule has 1 atom stereocenters. The van der Waals surface area contributed by atoms with Crippen LogP contribution in [0.3, 0.4) is 0 Å². The van der Waals surface area contributed by atoms with E-state index in [9.17, 15) is 4.39 Å². The van der Waals surface area contributed by atoms with Crippen molar-refractivity contribution in [3.05, 3.63) is 53.9 Å². The van der Waals surface area contributed by atoms with Crippen LogP contribution >= 0.6 is 0 Å². The summed E-state index contributed by atoms with van der Waals surface area (Å²) < 4.78 is 15.9. The Hall–Kier alpha value is -1.68. The van der Waals surface area contributed by atoms with Crippen molar-refractivity contribution in [3.8, 4) is 0 Å². The zero-order chi connectivity index (χ0) is 13.7. The lowest BCUT2D eigenvalue weighted by atomic mass is 10.1. The van der Waals surface area contributed by atoms with Gasteiger partial charge in [0.1, 0.15) is 11.6 Å². The normalized spacial score (nSPS) is 12.6. The second kappa shape index (κ2) is 6.48. The summed E-state index contributed by atoms with van der Waals surface area (Å²) >= 11 is 0. The summed E-state index contributed by atoms with van der Waals surface area (Å²) in [6, 6.07) is 6.86. The Balaban J connectivity index is 2.19. The highest BCUT2D eigenvalue weighted by atomic mass is 19.1. The van der Waals surface area contributed by atoms with Crippen LogP contribution in [-0.2, 0) is 13.0 Å². The minimum Gasteiger partial charge on any atom is -0.333 e. The number of nitrogens with zero attached hydrogens (tertiary/aromatic N) is 2. The van der Waals surface area contributed by atoms with E-state index in [1.165, 1.54) is 6.07 Å². The van der Waals surface area contributed by atoms with Gasteiger partial charge >= 0.3 is 0 Å². The first-order valence-corrected chi connectivity index (χ1v) is 6.68. The molecule has 2 rings (SSSR count). The minimum atomic E-state index is -0.168. The van der Waals surface area contributed by atoms with Crippen molar-refractivity contribution in [1.29, 1.82) is 0 Å². The Labute approximate surface area is 113 Å². The van der Waals surface area contributed by atoms with Gasteiger partial charge in [0.2, 0.25) is 0 Å². The first kappa shape index (κ1) is 13.7. The van der Waals surface area contributed by atoms with Crippen LogP contribution in [0.25, 0.3) is 0 Å². The molecule has 0 aliphatic carbocycles. The van der Waals surface area contributed by atoms with Crippen molar-refractivity contribution in [2.24, 2.45) is 0 Å². The van der Waals surface area contributed by atoms with Gasteiger partial charge in [0.15, 0.2) is 0 Å². The van der Waals surface area contributed by atoms with Crippen LogP contribution in [0, 0.1) is 5.82 Å². The lowest BCUT2D eigenvalue weighted by Crippen LogP contribution is -2.23. The zero-order valence-corrected chi connectivity index (χ0v) is 11.4. The second-order valence-corrected chi connectivity index (χ2v) is 4.61. The fourth-order valence-corrected chi connectivity index (χ4v) is 2.26. The van der Waals surface area contributed by atoms with E-state index in [4.69, 9.17) is 0 Å². The van der Waals surface area contributed by atoms with Crippen molar-refractivity contribution in [3.63, 3.8) is 0 Å². The predicted octanol–water partition coefficient (Wildman–Crippen LogP) is 2.94. The molecule has 0 aliphatic heterocycles. The highest BCUT2D eigenvalue weighted by Crippen LogP contribution is 2.19. The van der Waals surface area contributed by atoms with Crippen molar-refractivity contribution in [2.75, 3.05) is 7.05 Å². The van der Waals surface area contributed by atoms with Gasteiger partial charge in [-0.2, -0.15) is 0 Å². The average molecular weight is 261 g/mol. The smallest absolute Gasteiger partial charge is 0.128 e. The molecule has 0 radical (unpaired) electrons. The van der Waals surface area contributed by atoms with Crippen LogP contribution in [0.4, 0.5) is 4.39 Å². The van der Waals surface area contributed by atoms with Gasteiger partial charge in [-0.25, -0.2) is 9.37 Å². The maximum absolute atomic E-state index is 13.8. The van der Waals surface area contributed by atoms with Gasteiger partial charge in [-0.1, -0.05) is 25.1 Å². The van der Waals surface area contributed by atoms with E-state index in [1.54, 1.807) is 12.3 Å². The van der Waals surface area contributed by atoms with Crippen LogP contribution < -0.4 is 5.32 Å². The maximum Gasteiger partial charge on any atom is 0.128 e. The minimum absolute atomic E-state index is 0.0500. The predicted molar refractivity (Wildman–Crippen MR) is 74.4 cm³/mol. The van der Waals surface area contributed by atoms with Gasteiger partial charge in [0.25, 0.3) is 0 Å². The molecule has 0 saturated carbocycles. The van der Waals surface area contributed by atoms with Crippen molar-refractivity contribution < 1.29 is 4.39 Å². The Morgan fingerprint density at radius 1 is 1.37 bits per heavy atom. The molecule has 0 aliphatic rings. The molecule has 19 heavy (non-hydrogen) atoms. The molecular weight excluding hydrogens is 241 g/mol. The molecule has 0 spiro atoms. The summed E-state index contributed by atoms with van der Waals surface area (Å²) in [7, 11) is 1.85. The first-order valence-electron chi connectivity index (χ1n) is 6.68. The number of imidazole rings is 1. The molecule has 4 heteroatoms.